The van der Waals surface area contributed by atoms with Gasteiger partial charge in [-0.2, -0.15) is 10.5 Å². The summed E-state index contributed by atoms with van der Waals surface area (Å²) in [6.07, 6.45) is 1.32. The van der Waals surface area contributed by atoms with Gasteiger partial charge in [-0.25, -0.2) is 0 Å². The Morgan fingerprint density at radius 1 is 0.933 bits per heavy atom. The lowest BCUT2D eigenvalue weighted by molar-refractivity contribution is -0.0382. The van der Waals surface area contributed by atoms with E-state index in [9.17, 15) is 15.6 Å². The largest absolute Gasteiger partial charge is 0.508 e. The molecule has 0 saturated heterocycles. The van der Waals surface area contributed by atoms with Crippen molar-refractivity contribution in [1.82, 2.24) is 0 Å². The number of phenolic OH excluding ortho intramolecular Hbond substituents is 1. The summed E-state index contributed by atoms with van der Waals surface area (Å²) in [5.74, 6) is 0.216. The van der Waals surface area contributed by atoms with Crippen LogP contribution in [0, 0.1) is 34.5 Å². The average molecular weight is 407 g/mol. The van der Waals surface area contributed by atoms with Crippen LogP contribution in [0.1, 0.15) is 56.6 Å². The third-order valence-corrected chi connectivity index (χ3v) is 5.66. The fraction of sp³-hybridized carbons (Fsp3) is 0.440. The van der Waals surface area contributed by atoms with E-state index in [0.717, 1.165) is 24.2 Å². The summed E-state index contributed by atoms with van der Waals surface area (Å²) < 4.78 is 10.8. The highest BCUT2D eigenvalue weighted by molar-refractivity contribution is 5.33. The number of nitrogens with zero attached hydrogens (tertiary/aromatic N) is 2. The van der Waals surface area contributed by atoms with Gasteiger partial charge < -0.3 is 14.6 Å². The molecule has 0 radical (unpaired) electrons. The number of ether oxygens (including phenoxy) is 2. The molecular formula is C25H30N2O3. The first-order chi connectivity index (χ1) is 14.4. The average Bonchev–Trinajstić information content (AvgIpc) is 2.77. The minimum absolute atomic E-state index is 0.111. The zero-order valence-electron chi connectivity index (χ0n) is 18.1. The topological polar surface area (TPSA) is 86.3 Å². The van der Waals surface area contributed by atoms with E-state index >= 15 is 0 Å². The van der Waals surface area contributed by atoms with Gasteiger partial charge in [-0.05, 0) is 68.0 Å². The van der Waals surface area contributed by atoms with Crippen molar-refractivity contribution >= 4 is 0 Å². The van der Waals surface area contributed by atoms with E-state index in [-0.39, 0.29) is 23.9 Å². The van der Waals surface area contributed by atoms with Crippen molar-refractivity contribution in [2.45, 2.75) is 51.7 Å². The molecule has 0 spiro atoms. The highest BCUT2D eigenvalue weighted by atomic mass is 16.7. The first kappa shape index (κ1) is 23.3. The van der Waals surface area contributed by atoms with Crippen molar-refractivity contribution in [2.24, 2.45) is 11.8 Å². The van der Waals surface area contributed by atoms with Crippen LogP contribution in [0.25, 0.3) is 0 Å². The normalized spacial score (nSPS) is 15.8. The first-order valence-corrected chi connectivity index (χ1v) is 10.3. The third-order valence-electron chi connectivity index (χ3n) is 5.66. The molecule has 1 N–H and O–H groups in total. The van der Waals surface area contributed by atoms with E-state index in [2.05, 4.69) is 31.2 Å². The van der Waals surface area contributed by atoms with Crippen molar-refractivity contribution in [1.29, 1.82) is 10.5 Å². The smallest absolute Gasteiger partial charge is 0.196 e. The monoisotopic (exact) mass is 406 g/mol. The molecule has 0 aliphatic rings. The van der Waals surface area contributed by atoms with Crippen molar-refractivity contribution in [3.05, 3.63) is 59.7 Å². The second kappa shape index (κ2) is 11.2. The minimum Gasteiger partial charge on any atom is -0.508 e. The lowest BCUT2D eigenvalue weighted by Crippen LogP contribution is -2.20. The van der Waals surface area contributed by atoms with E-state index in [1.165, 1.54) is 5.56 Å². The molecule has 2 rings (SSSR count). The van der Waals surface area contributed by atoms with E-state index in [0.29, 0.717) is 0 Å². The zero-order chi connectivity index (χ0) is 22.1. The molecule has 0 heterocycles. The number of hydrogen-bond acceptors (Lipinski definition) is 5. The van der Waals surface area contributed by atoms with Crippen LogP contribution in [0.15, 0.2) is 48.5 Å². The lowest BCUT2D eigenvalue weighted by atomic mass is 9.73. The Hall–Kier alpha value is -3.02. The second-order valence-electron chi connectivity index (χ2n) is 7.60. The number of aromatic hydroxyl groups is 1. The maximum atomic E-state index is 9.83. The molecule has 0 fully saturated rings. The lowest BCUT2D eigenvalue weighted by Gasteiger charge is -2.28. The Morgan fingerprint density at radius 3 is 2.03 bits per heavy atom. The van der Waals surface area contributed by atoms with Gasteiger partial charge in [0.1, 0.15) is 11.5 Å². The number of benzene rings is 2. The Kier molecular flexibility index (Phi) is 8.71. The summed E-state index contributed by atoms with van der Waals surface area (Å²) in [6, 6.07) is 19.5. The van der Waals surface area contributed by atoms with Crippen LogP contribution in [-0.4, -0.2) is 18.5 Å². The predicted octanol–water partition coefficient (Wildman–Crippen LogP) is 5.73. The van der Waals surface area contributed by atoms with Crippen molar-refractivity contribution in [3.63, 3.8) is 0 Å². The summed E-state index contributed by atoms with van der Waals surface area (Å²) in [6.45, 7) is 5.76. The van der Waals surface area contributed by atoms with Crippen LogP contribution >= 0.6 is 0 Å². The second-order valence-corrected chi connectivity index (χ2v) is 7.60. The molecular weight excluding hydrogens is 376 g/mol. The van der Waals surface area contributed by atoms with Crippen LogP contribution in [0.4, 0.5) is 0 Å². The molecule has 2 aromatic carbocycles. The van der Waals surface area contributed by atoms with Crippen LogP contribution in [0.3, 0.4) is 0 Å². The van der Waals surface area contributed by atoms with Crippen molar-refractivity contribution in [2.75, 3.05) is 7.11 Å². The Bertz CT molecular complexity index is 865. The molecule has 158 valence electrons. The molecule has 5 atom stereocenters. The number of phenols is 1. The maximum absolute atomic E-state index is 9.83. The quantitative estimate of drug-likeness (QED) is 0.509. The highest BCUT2D eigenvalue weighted by Gasteiger charge is 2.30. The molecule has 5 heteroatoms. The van der Waals surface area contributed by atoms with Gasteiger partial charge in [0.15, 0.2) is 6.29 Å². The van der Waals surface area contributed by atoms with Gasteiger partial charge in [-0.1, -0.05) is 31.2 Å². The molecule has 0 bridgehead atoms. The maximum Gasteiger partial charge on any atom is 0.196 e. The first-order valence-electron chi connectivity index (χ1n) is 10.3. The van der Waals surface area contributed by atoms with Crippen molar-refractivity contribution < 1.29 is 14.6 Å². The highest BCUT2D eigenvalue weighted by Crippen LogP contribution is 2.40. The number of nitriles is 2. The molecule has 5 unspecified atom stereocenters. The Morgan fingerprint density at radius 2 is 1.53 bits per heavy atom. The SMILES string of the molecule is CCC(CC(c1ccc(O)cc1)C(C#N)C(C)C#N)c1ccc(OC(C)OC)cc1. The standard InChI is InChI=1S/C25H30N2O3/c1-5-19(20-8-12-23(13-9-20)30-18(3)29-4)14-24(25(16-27)17(2)15-26)21-6-10-22(28)11-7-21/h6-13,17-19,24-25,28H,5,14H2,1-4H3. The fourth-order valence-corrected chi connectivity index (χ4v) is 3.75. The molecule has 30 heavy (non-hydrogen) atoms. The fourth-order valence-electron chi connectivity index (χ4n) is 3.75. The minimum atomic E-state index is -0.432. The molecule has 0 aromatic heterocycles. The summed E-state index contributed by atoms with van der Waals surface area (Å²) in [7, 11) is 1.60. The zero-order valence-corrected chi connectivity index (χ0v) is 18.1. The van der Waals surface area contributed by atoms with E-state index < -0.39 is 11.8 Å². The Balaban J connectivity index is 2.31. The van der Waals surface area contributed by atoms with E-state index in [1.807, 2.05) is 31.2 Å². The van der Waals surface area contributed by atoms with Gasteiger partial charge in [-0.3, -0.25) is 0 Å². The molecule has 0 aliphatic heterocycles. The Labute approximate surface area is 179 Å². The molecule has 0 amide bonds. The van der Waals surface area contributed by atoms with Crippen molar-refractivity contribution in [3.8, 4) is 23.6 Å². The molecule has 0 aliphatic carbocycles. The van der Waals surface area contributed by atoms with E-state index in [4.69, 9.17) is 9.47 Å². The van der Waals surface area contributed by atoms with Crippen LogP contribution < -0.4 is 4.74 Å². The van der Waals surface area contributed by atoms with Gasteiger partial charge in [0.05, 0.1) is 24.0 Å². The summed E-state index contributed by atoms with van der Waals surface area (Å²) in [5, 5.41) is 28.9. The molecule has 0 saturated carbocycles. The van der Waals surface area contributed by atoms with Crippen LogP contribution in [0.2, 0.25) is 0 Å². The third kappa shape index (κ3) is 5.99. The molecule has 5 nitrogen and oxygen atoms in total. The van der Waals surface area contributed by atoms with Gasteiger partial charge in [-0.15, -0.1) is 0 Å². The van der Waals surface area contributed by atoms with Gasteiger partial charge in [0.2, 0.25) is 0 Å². The van der Waals surface area contributed by atoms with Crippen LogP contribution in [0.5, 0.6) is 11.5 Å². The predicted molar refractivity (Wildman–Crippen MR) is 116 cm³/mol. The van der Waals surface area contributed by atoms with Crippen LogP contribution in [-0.2, 0) is 4.74 Å². The summed E-state index contributed by atoms with van der Waals surface area (Å²) in [5.41, 5.74) is 2.13. The van der Waals surface area contributed by atoms with Gasteiger partial charge >= 0.3 is 0 Å². The number of hydrogen-bond donors (Lipinski definition) is 1. The molecule has 2 aromatic rings. The summed E-state index contributed by atoms with van der Waals surface area (Å²) in [4.78, 5) is 0. The summed E-state index contributed by atoms with van der Waals surface area (Å²) >= 11 is 0. The van der Waals surface area contributed by atoms with Gasteiger partial charge in [0.25, 0.3) is 0 Å². The van der Waals surface area contributed by atoms with E-state index in [1.54, 1.807) is 26.2 Å². The van der Waals surface area contributed by atoms with Gasteiger partial charge in [0, 0.05) is 13.0 Å². The number of methoxy groups -OCH3 is 1. The number of rotatable bonds is 10.